The largest absolute Gasteiger partial charge is 0.357 e. The van der Waals surface area contributed by atoms with Gasteiger partial charge in [0.15, 0.2) is 5.96 Å². The van der Waals surface area contributed by atoms with Gasteiger partial charge in [-0.15, -0.1) is 11.3 Å². The topological polar surface area (TPSA) is 65.5 Å². The first-order chi connectivity index (χ1) is 12.6. The molecule has 0 aliphatic rings. The molecule has 0 aliphatic heterocycles. The van der Waals surface area contributed by atoms with Crippen molar-refractivity contribution in [2.45, 2.75) is 39.8 Å². The number of benzene rings is 1. The summed E-state index contributed by atoms with van der Waals surface area (Å²) < 4.78 is 0. The van der Waals surface area contributed by atoms with E-state index >= 15 is 0 Å². The standard InChI is InChI=1S/C20H28N4OS/c1-4-21-20(24-15(2)12-18-11-10-16(3)26-18)23-14-19(25)22-13-17-8-6-5-7-9-17/h5-11,15H,4,12-14H2,1-3H3,(H,22,25)(H2,21,23,24). The van der Waals surface area contributed by atoms with Crippen molar-refractivity contribution in [3.8, 4) is 0 Å². The fourth-order valence-corrected chi connectivity index (χ4v) is 3.52. The van der Waals surface area contributed by atoms with Gasteiger partial charge in [0.05, 0.1) is 0 Å². The smallest absolute Gasteiger partial charge is 0.242 e. The molecule has 0 radical (unpaired) electrons. The number of carbonyl (C=O) groups excluding carboxylic acids is 1. The van der Waals surface area contributed by atoms with Crippen LogP contribution in [-0.4, -0.2) is 31.0 Å². The molecule has 0 saturated heterocycles. The molecule has 5 nitrogen and oxygen atoms in total. The minimum atomic E-state index is -0.0902. The quantitative estimate of drug-likeness (QED) is 0.493. The summed E-state index contributed by atoms with van der Waals surface area (Å²) in [7, 11) is 0. The molecule has 1 amide bonds. The van der Waals surface area contributed by atoms with Gasteiger partial charge in [0.1, 0.15) is 6.54 Å². The maximum Gasteiger partial charge on any atom is 0.242 e. The Morgan fingerprint density at radius 1 is 1.15 bits per heavy atom. The van der Waals surface area contributed by atoms with E-state index in [0.29, 0.717) is 12.5 Å². The molecular formula is C20H28N4OS. The summed E-state index contributed by atoms with van der Waals surface area (Å²) >= 11 is 1.81. The lowest BCUT2D eigenvalue weighted by Gasteiger charge is -2.17. The summed E-state index contributed by atoms with van der Waals surface area (Å²) in [5.74, 6) is 0.579. The first kappa shape index (κ1) is 20.0. The van der Waals surface area contributed by atoms with Crippen molar-refractivity contribution >= 4 is 23.2 Å². The number of hydrogen-bond donors (Lipinski definition) is 3. The molecule has 1 aromatic heterocycles. The van der Waals surface area contributed by atoms with Crippen molar-refractivity contribution in [3.63, 3.8) is 0 Å². The maximum atomic E-state index is 12.0. The molecule has 0 bridgehead atoms. The highest BCUT2D eigenvalue weighted by molar-refractivity contribution is 7.11. The number of amides is 1. The minimum absolute atomic E-state index is 0.0902. The van der Waals surface area contributed by atoms with Crippen molar-refractivity contribution in [1.29, 1.82) is 0 Å². The highest BCUT2D eigenvalue weighted by atomic mass is 32.1. The van der Waals surface area contributed by atoms with E-state index < -0.39 is 0 Å². The van der Waals surface area contributed by atoms with Crippen LogP contribution in [0.2, 0.25) is 0 Å². The number of nitrogens with one attached hydrogen (secondary N) is 3. The molecule has 1 atom stereocenters. The second-order valence-electron chi connectivity index (χ2n) is 6.22. The van der Waals surface area contributed by atoms with E-state index in [1.54, 1.807) is 0 Å². The predicted molar refractivity (Wildman–Crippen MR) is 110 cm³/mol. The molecule has 140 valence electrons. The third-order valence-corrected chi connectivity index (χ3v) is 4.77. The summed E-state index contributed by atoms with van der Waals surface area (Å²) in [5, 5.41) is 9.46. The molecule has 0 aliphatic carbocycles. The van der Waals surface area contributed by atoms with Crippen LogP contribution in [0, 0.1) is 6.92 Å². The van der Waals surface area contributed by atoms with E-state index in [1.165, 1.54) is 9.75 Å². The zero-order chi connectivity index (χ0) is 18.8. The Hall–Kier alpha value is -2.34. The SMILES string of the molecule is CCNC(=NCC(=O)NCc1ccccc1)NC(C)Cc1ccc(C)s1. The highest BCUT2D eigenvalue weighted by Crippen LogP contribution is 2.16. The third kappa shape index (κ3) is 7.27. The summed E-state index contributed by atoms with van der Waals surface area (Å²) in [4.78, 5) is 19.1. The fourth-order valence-electron chi connectivity index (χ4n) is 2.50. The first-order valence-corrected chi connectivity index (χ1v) is 9.79. The maximum absolute atomic E-state index is 12.0. The van der Waals surface area contributed by atoms with Gasteiger partial charge in [-0.05, 0) is 38.5 Å². The van der Waals surface area contributed by atoms with Gasteiger partial charge in [0.25, 0.3) is 0 Å². The Morgan fingerprint density at radius 3 is 2.58 bits per heavy atom. The lowest BCUT2D eigenvalue weighted by Crippen LogP contribution is -2.43. The van der Waals surface area contributed by atoms with E-state index in [9.17, 15) is 4.79 Å². The number of hydrogen-bond acceptors (Lipinski definition) is 3. The number of aliphatic imine (C=N–C) groups is 1. The molecule has 1 heterocycles. The summed E-state index contributed by atoms with van der Waals surface area (Å²) in [6, 6.07) is 14.4. The monoisotopic (exact) mass is 372 g/mol. The molecule has 0 spiro atoms. The molecule has 0 saturated carbocycles. The van der Waals surface area contributed by atoms with Gasteiger partial charge < -0.3 is 16.0 Å². The number of guanidine groups is 1. The lowest BCUT2D eigenvalue weighted by molar-refractivity contribution is -0.119. The van der Waals surface area contributed by atoms with E-state index in [0.717, 1.165) is 18.5 Å². The first-order valence-electron chi connectivity index (χ1n) is 8.97. The van der Waals surface area contributed by atoms with Crippen molar-refractivity contribution in [3.05, 3.63) is 57.8 Å². The average Bonchev–Trinajstić information content (AvgIpc) is 3.03. The highest BCUT2D eigenvalue weighted by Gasteiger charge is 2.08. The van der Waals surface area contributed by atoms with Gasteiger partial charge in [-0.3, -0.25) is 4.79 Å². The van der Waals surface area contributed by atoms with E-state index in [-0.39, 0.29) is 18.5 Å². The summed E-state index contributed by atoms with van der Waals surface area (Å²) in [6.07, 6.45) is 0.934. The van der Waals surface area contributed by atoms with Crippen molar-refractivity contribution in [2.75, 3.05) is 13.1 Å². The van der Waals surface area contributed by atoms with Gasteiger partial charge >= 0.3 is 0 Å². The Kier molecular flexibility index (Phi) is 8.15. The lowest BCUT2D eigenvalue weighted by atomic mass is 10.2. The molecule has 2 rings (SSSR count). The Labute approximate surface area is 159 Å². The van der Waals surface area contributed by atoms with Crippen LogP contribution in [0.4, 0.5) is 0 Å². The van der Waals surface area contributed by atoms with Crippen LogP contribution < -0.4 is 16.0 Å². The van der Waals surface area contributed by atoms with Crippen LogP contribution in [0.15, 0.2) is 47.5 Å². The van der Waals surface area contributed by atoms with Crippen LogP contribution in [0.3, 0.4) is 0 Å². The van der Waals surface area contributed by atoms with Crippen LogP contribution >= 0.6 is 11.3 Å². The Bertz CT molecular complexity index is 712. The third-order valence-electron chi connectivity index (χ3n) is 3.74. The summed E-state index contributed by atoms with van der Waals surface area (Å²) in [6.45, 7) is 7.63. The molecular weight excluding hydrogens is 344 g/mol. The average molecular weight is 373 g/mol. The summed E-state index contributed by atoms with van der Waals surface area (Å²) in [5.41, 5.74) is 1.08. The Balaban J connectivity index is 1.81. The predicted octanol–water partition coefficient (Wildman–Crippen LogP) is 2.86. The van der Waals surface area contributed by atoms with E-state index in [4.69, 9.17) is 0 Å². The van der Waals surface area contributed by atoms with Crippen LogP contribution in [0.1, 0.15) is 29.2 Å². The second-order valence-corrected chi connectivity index (χ2v) is 7.59. The number of nitrogens with zero attached hydrogens (tertiary/aromatic N) is 1. The van der Waals surface area contributed by atoms with Gasteiger partial charge in [0, 0.05) is 35.3 Å². The van der Waals surface area contributed by atoms with E-state index in [1.807, 2.05) is 48.6 Å². The normalized spacial score (nSPS) is 12.5. The van der Waals surface area contributed by atoms with Crippen molar-refractivity contribution < 1.29 is 4.79 Å². The van der Waals surface area contributed by atoms with Gasteiger partial charge in [-0.1, -0.05) is 30.3 Å². The molecule has 26 heavy (non-hydrogen) atoms. The van der Waals surface area contributed by atoms with Crippen LogP contribution in [0.25, 0.3) is 0 Å². The van der Waals surface area contributed by atoms with Crippen LogP contribution in [0.5, 0.6) is 0 Å². The minimum Gasteiger partial charge on any atom is -0.357 e. The Morgan fingerprint density at radius 2 is 1.92 bits per heavy atom. The van der Waals surface area contributed by atoms with Crippen LogP contribution in [-0.2, 0) is 17.8 Å². The molecule has 1 unspecified atom stereocenters. The number of thiophene rings is 1. The van der Waals surface area contributed by atoms with Gasteiger partial charge in [0.2, 0.25) is 5.91 Å². The molecule has 1 aromatic carbocycles. The van der Waals surface area contributed by atoms with Gasteiger partial charge in [-0.25, -0.2) is 4.99 Å². The molecule has 3 N–H and O–H groups in total. The van der Waals surface area contributed by atoms with E-state index in [2.05, 4.69) is 46.9 Å². The molecule has 0 fully saturated rings. The molecule has 2 aromatic rings. The van der Waals surface area contributed by atoms with Gasteiger partial charge in [-0.2, -0.15) is 0 Å². The van der Waals surface area contributed by atoms with Crippen molar-refractivity contribution in [1.82, 2.24) is 16.0 Å². The number of aryl methyl sites for hydroxylation is 1. The zero-order valence-electron chi connectivity index (χ0n) is 15.7. The zero-order valence-corrected chi connectivity index (χ0v) is 16.5. The number of carbonyl (C=O) groups is 1. The molecule has 6 heteroatoms. The fraction of sp³-hybridized carbons (Fsp3) is 0.400. The number of rotatable bonds is 8. The van der Waals surface area contributed by atoms with Crippen molar-refractivity contribution in [2.24, 2.45) is 4.99 Å². The second kappa shape index (κ2) is 10.6.